The Morgan fingerprint density at radius 1 is 0.190 bits per heavy atom. The lowest BCUT2D eigenvalue weighted by Gasteiger charge is -2.35. The minimum atomic E-state index is -0.109. The molecule has 0 unspecified atom stereocenters. The van der Waals surface area contributed by atoms with Crippen LogP contribution in [0.4, 0.5) is 0 Å². The van der Waals surface area contributed by atoms with E-state index < -0.39 is 0 Å². The zero-order valence-electron chi connectivity index (χ0n) is 79.2. The van der Waals surface area contributed by atoms with Gasteiger partial charge in [-0.15, -0.1) is 0 Å². The van der Waals surface area contributed by atoms with Crippen LogP contribution < -0.4 is 0 Å². The quantitative estimate of drug-likeness (QED) is 0.150. The predicted molar refractivity (Wildman–Crippen MR) is 592 cm³/mol. The van der Waals surface area contributed by atoms with Gasteiger partial charge in [-0.2, -0.15) is 0 Å². The molecule has 0 N–H and O–H groups in total. The summed E-state index contributed by atoms with van der Waals surface area (Å²) in [5, 5.41) is 22.3. The second-order valence-electron chi connectivity index (χ2n) is 39.9. The van der Waals surface area contributed by atoms with E-state index in [1.807, 2.05) is 6.07 Å². The minimum Gasteiger partial charge on any atom is -0.309 e. The summed E-state index contributed by atoms with van der Waals surface area (Å²) in [6, 6.07) is 159. The Hall–Kier alpha value is -17.9. The molecule has 30 rings (SSSR count). The lowest BCUT2D eigenvalue weighted by molar-refractivity contribution is 0.645. The molecule has 0 atom stereocenters. The standard InChI is InChI=1S/C54H36N4.C40H28N2.C39H27N3/c1-54(2)44-19-9-7-17-42(44)50-48-38(16-11-20-45(48)54)32-47-49(50)43-18-8-10-21-46(43)58(47)41-28-26-35(27-29-41)51-55-52(39-24-22-33-12-3-5-14-36(33)30-39)57-53(56-51)40-25-23-34-13-4-6-15-37(34)31-40;1-40(2)31-19-9-6-17-28(31)39-37-26(15-12-20-32(37)40)23-35-38(39)29-18-8-11-22-34(29)42(35)36-24-30(25-13-4-3-5-14-25)27-16-7-10-21-33(27)41-36;1-39(2)29-19-9-6-16-26(29)36-34-25(15-12-20-30(34)39)23-33-35(36)28-18-8-11-22-32(28)42(33)38-40-31-21-10-7-17-27(31)37(41-38)24-13-4-3-5-14-24/h3-32H,1-2H3;3-24H,1-2H3;3-23H,1-2H3. The zero-order chi connectivity index (χ0) is 94.5. The van der Waals surface area contributed by atoms with E-state index in [4.69, 9.17) is 29.9 Å². The highest BCUT2D eigenvalue weighted by Crippen LogP contribution is 2.58. The third kappa shape index (κ3) is 12.5. The van der Waals surface area contributed by atoms with Gasteiger partial charge >= 0.3 is 0 Å². The summed E-state index contributed by atoms with van der Waals surface area (Å²) in [7, 11) is 0. The Morgan fingerprint density at radius 2 is 0.535 bits per heavy atom. The molecule has 0 amide bonds. The van der Waals surface area contributed by atoms with Gasteiger partial charge in [0, 0.05) is 104 Å². The van der Waals surface area contributed by atoms with E-state index in [1.165, 1.54) is 175 Å². The van der Waals surface area contributed by atoms with Crippen molar-refractivity contribution in [3.8, 4) is 107 Å². The van der Waals surface area contributed by atoms with Crippen molar-refractivity contribution in [2.45, 2.75) is 57.8 Å². The molecule has 3 aliphatic rings. The molecule has 3 aliphatic carbocycles. The monoisotopic (exact) mass is 1810 g/mol. The van der Waals surface area contributed by atoms with Crippen LogP contribution >= 0.6 is 0 Å². The first-order valence-electron chi connectivity index (χ1n) is 49.1. The average Bonchev–Trinajstić information content (AvgIpc) is 1.41. The van der Waals surface area contributed by atoms with Crippen LogP contribution in [0.25, 0.3) is 248 Å². The van der Waals surface area contributed by atoms with Gasteiger partial charge in [-0.3, -0.25) is 9.13 Å². The molecule has 21 aromatic carbocycles. The number of rotatable bonds is 8. The van der Waals surface area contributed by atoms with Gasteiger partial charge in [0.25, 0.3) is 0 Å². The summed E-state index contributed by atoms with van der Waals surface area (Å²) < 4.78 is 7.08. The van der Waals surface area contributed by atoms with E-state index in [0.29, 0.717) is 23.4 Å². The van der Waals surface area contributed by atoms with Gasteiger partial charge in [0.2, 0.25) is 5.95 Å². The van der Waals surface area contributed by atoms with Crippen molar-refractivity contribution >= 4 is 141 Å². The molecule has 0 bridgehead atoms. The van der Waals surface area contributed by atoms with Crippen molar-refractivity contribution in [3.63, 3.8) is 0 Å². The van der Waals surface area contributed by atoms with E-state index in [-0.39, 0.29) is 16.2 Å². The van der Waals surface area contributed by atoms with Crippen LogP contribution in [0.15, 0.2) is 443 Å². The van der Waals surface area contributed by atoms with Crippen LogP contribution in [0.5, 0.6) is 0 Å². The molecule has 0 saturated heterocycles. The summed E-state index contributed by atoms with van der Waals surface area (Å²) in [6.07, 6.45) is 0. The molecule has 142 heavy (non-hydrogen) atoms. The predicted octanol–water partition coefficient (Wildman–Crippen LogP) is 34.0. The van der Waals surface area contributed by atoms with Gasteiger partial charge in [0.1, 0.15) is 5.82 Å². The van der Waals surface area contributed by atoms with Gasteiger partial charge in [-0.05, 0) is 206 Å². The van der Waals surface area contributed by atoms with Gasteiger partial charge in [0.15, 0.2) is 17.5 Å². The first-order chi connectivity index (χ1) is 69.7. The third-order valence-corrected chi connectivity index (χ3v) is 30.9. The maximum atomic E-state index is 5.30. The molecule has 0 saturated carbocycles. The van der Waals surface area contributed by atoms with Crippen LogP contribution in [0.3, 0.4) is 0 Å². The Balaban J connectivity index is 0.000000106. The van der Waals surface area contributed by atoms with Crippen molar-refractivity contribution in [2.75, 3.05) is 0 Å². The first-order valence-corrected chi connectivity index (χ1v) is 49.1. The molecule has 27 aromatic rings. The Kier molecular flexibility index (Phi) is 18.3. The van der Waals surface area contributed by atoms with Crippen LogP contribution in [-0.2, 0) is 16.2 Å². The van der Waals surface area contributed by atoms with Crippen LogP contribution in [-0.4, -0.2) is 43.6 Å². The molecular formula is C133H91N9. The number of para-hydroxylation sites is 5. The average molecular weight is 1820 g/mol. The summed E-state index contributed by atoms with van der Waals surface area (Å²) in [5.41, 5.74) is 33.1. The number of benzene rings is 21. The molecule has 0 radical (unpaired) electrons. The Morgan fingerprint density at radius 3 is 1.01 bits per heavy atom. The van der Waals surface area contributed by atoms with Gasteiger partial charge < -0.3 is 4.57 Å². The minimum absolute atomic E-state index is 0.0837. The first kappa shape index (κ1) is 82.3. The molecule has 668 valence electrons. The molecule has 0 fully saturated rings. The van der Waals surface area contributed by atoms with E-state index in [0.717, 1.165) is 83.1 Å². The number of pyridine rings is 1. The Labute approximate surface area is 820 Å². The fourth-order valence-corrected chi connectivity index (χ4v) is 24.3. The fraction of sp³-hybridized carbons (Fsp3) is 0.0677. The summed E-state index contributed by atoms with van der Waals surface area (Å²) >= 11 is 0. The molecule has 6 aromatic heterocycles. The largest absolute Gasteiger partial charge is 0.309 e. The second kappa shape index (κ2) is 31.6. The van der Waals surface area contributed by atoms with E-state index in [2.05, 4.69) is 492 Å². The summed E-state index contributed by atoms with van der Waals surface area (Å²) in [4.78, 5) is 31.2. The van der Waals surface area contributed by atoms with Gasteiger partial charge in [-0.25, -0.2) is 29.9 Å². The molecule has 6 heterocycles. The Bertz CT molecular complexity index is 9590. The van der Waals surface area contributed by atoms with Crippen LogP contribution in [0.1, 0.15) is 74.9 Å². The van der Waals surface area contributed by atoms with E-state index in [9.17, 15) is 0 Å². The highest BCUT2D eigenvalue weighted by Gasteiger charge is 2.40. The number of nitrogens with zero attached hydrogens (tertiary/aromatic N) is 9. The summed E-state index contributed by atoms with van der Waals surface area (Å²) in [5.74, 6) is 3.55. The topological polar surface area (TPSA) is 92.1 Å². The second-order valence-corrected chi connectivity index (χ2v) is 39.9. The maximum absolute atomic E-state index is 5.30. The maximum Gasteiger partial charge on any atom is 0.235 e. The molecule has 9 heteroatoms. The van der Waals surface area contributed by atoms with Crippen LogP contribution in [0, 0.1) is 0 Å². The SMILES string of the molecule is CC1(C)c2ccccc2-c2c3c1cccc3cc1c2c2ccccc2n1-c1cc(-c2ccccc2)c2ccccc2n1.CC1(C)c2ccccc2-c2c3c1cccc3cc1c2c2ccccc2n1-c1ccc(-c2nc(-c3ccc4ccccc4c3)nc(-c3ccc4ccccc4c3)n2)cc1.CC1(C)c2ccccc2-c2c3c1cccc3cc1c2c2ccccc2n1-c1nc(-c2ccccc2)c2ccccc2n1. The van der Waals surface area contributed by atoms with Crippen LogP contribution in [0.2, 0.25) is 0 Å². The van der Waals surface area contributed by atoms with Crippen molar-refractivity contribution in [1.29, 1.82) is 0 Å². The molecule has 0 spiro atoms. The van der Waals surface area contributed by atoms with Crippen molar-refractivity contribution in [2.24, 2.45) is 0 Å². The smallest absolute Gasteiger partial charge is 0.235 e. The normalized spacial score (nSPS) is 13.5. The van der Waals surface area contributed by atoms with E-state index >= 15 is 0 Å². The third-order valence-electron chi connectivity index (χ3n) is 30.9. The lowest BCUT2D eigenvalue weighted by atomic mass is 9.68. The van der Waals surface area contributed by atoms with E-state index in [1.54, 1.807) is 0 Å². The molecular weight excluding hydrogens is 1720 g/mol. The lowest BCUT2D eigenvalue weighted by Crippen LogP contribution is -2.23. The number of hydrogen-bond donors (Lipinski definition) is 0. The summed E-state index contributed by atoms with van der Waals surface area (Å²) in [6.45, 7) is 14.2. The van der Waals surface area contributed by atoms with Crippen molar-refractivity contribution < 1.29 is 0 Å². The highest BCUT2D eigenvalue weighted by molar-refractivity contribution is 6.28. The number of hydrogen-bond acceptors (Lipinski definition) is 6. The number of aromatic nitrogens is 9. The highest BCUT2D eigenvalue weighted by atomic mass is 15.2. The fourth-order valence-electron chi connectivity index (χ4n) is 24.3. The van der Waals surface area contributed by atoms with Gasteiger partial charge in [0.05, 0.1) is 49.8 Å². The zero-order valence-corrected chi connectivity index (χ0v) is 79.2. The van der Waals surface area contributed by atoms with Crippen molar-refractivity contribution in [1.82, 2.24) is 43.6 Å². The van der Waals surface area contributed by atoms with Crippen molar-refractivity contribution in [3.05, 3.63) is 476 Å². The number of fused-ring (bicyclic) bond motifs is 22. The van der Waals surface area contributed by atoms with Gasteiger partial charge in [-0.1, -0.05) is 393 Å². The molecule has 0 aliphatic heterocycles. The molecule has 9 nitrogen and oxygen atoms in total.